The molecule has 38 heavy (non-hydrogen) atoms. The quantitative estimate of drug-likeness (QED) is 0.425. The Kier molecular flexibility index (Phi) is 8.55. The monoisotopic (exact) mass is 535 g/mol. The number of alkyl halides is 3. The predicted octanol–water partition coefficient (Wildman–Crippen LogP) is 3.35. The van der Waals surface area contributed by atoms with Crippen LogP contribution in [0.2, 0.25) is 0 Å². The molecule has 1 aliphatic rings. The fourth-order valence-electron chi connectivity index (χ4n) is 3.34. The summed E-state index contributed by atoms with van der Waals surface area (Å²) in [5, 5.41) is 14.0. The zero-order chi connectivity index (χ0) is 28.0. The van der Waals surface area contributed by atoms with Gasteiger partial charge >= 0.3 is 12.1 Å². The first kappa shape index (κ1) is 28.0. The number of aliphatic carboxylic acids is 1. The van der Waals surface area contributed by atoms with Crippen molar-refractivity contribution < 1.29 is 37.1 Å². The highest BCUT2D eigenvalue weighted by Crippen LogP contribution is 2.30. The van der Waals surface area contributed by atoms with Gasteiger partial charge in [-0.1, -0.05) is 17.3 Å². The highest BCUT2D eigenvalue weighted by Gasteiger charge is 2.38. The number of H-pyrrole nitrogens is 1. The minimum Gasteiger partial charge on any atom is -0.475 e. The second-order valence-corrected chi connectivity index (χ2v) is 8.04. The predicted molar refractivity (Wildman–Crippen MR) is 125 cm³/mol. The van der Waals surface area contributed by atoms with Gasteiger partial charge in [0.2, 0.25) is 5.56 Å². The minimum atomic E-state index is -5.08. The largest absolute Gasteiger partial charge is 0.490 e. The van der Waals surface area contributed by atoms with Crippen molar-refractivity contribution in [3.8, 4) is 0 Å². The van der Waals surface area contributed by atoms with E-state index in [1.54, 1.807) is 38.1 Å². The van der Waals surface area contributed by atoms with Gasteiger partial charge in [-0.15, -0.1) is 0 Å². The highest BCUT2D eigenvalue weighted by molar-refractivity contribution is 6.02. The number of rotatable bonds is 5. The zero-order valence-corrected chi connectivity index (χ0v) is 20.0. The van der Waals surface area contributed by atoms with Gasteiger partial charge in [0.15, 0.2) is 6.10 Å². The van der Waals surface area contributed by atoms with E-state index in [0.29, 0.717) is 29.3 Å². The number of halogens is 4. The number of benzene rings is 1. The summed E-state index contributed by atoms with van der Waals surface area (Å²) >= 11 is 0. The van der Waals surface area contributed by atoms with Crippen molar-refractivity contribution in [3.05, 3.63) is 92.7 Å². The first-order valence-electron chi connectivity index (χ1n) is 10.9. The molecule has 1 unspecified atom stereocenters. The van der Waals surface area contributed by atoms with Crippen molar-refractivity contribution in [3.63, 3.8) is 0 Å². The zero-order valence-electron chi connectivity index (χ0n) is 20.0. The fraction of sp³-hybridized carbons (Fsp3) is 0.250. The van der Waals surface area contributed by atoms with E-state index < -0.39 is 12.1 Å². The maximum atomic E-state index is 13.0. The Morgan fingerprint density at radius 1 is 1.13 bits per heavy atom. The molecule has 2 aromatic heterocycles. The van der Waals surface area contributed by atoms with E-state index in [1.807, 2.05) is 0 Å². The Morgan fingerprint density at radius 3 is 2.39 bits per heavy atom. The van der Waals surface area contributed by atoms with Crippen LogP contribution >= 0.6 is 0 Å². The first-order valence-corrected chi connectivity index (χ1v) is 10.9. The number of aromatic nitrogens is 3. The number of carboxylic acids is 1. The number of amides is 1. The maximum Gasteiger partial charge on any atom is 0.490 e. The van der Waals surface area contributed by atoms with Gasteiger partial charge in [0.05, 0.1) is 5.69 Å². The summed E-state index contributed by atoms with van der Waals surface area (Å²) < 4.78 is 44.8. The highest BCUT2D eigenvalue weighted by atomic mass is 19.4. The molecule has 3 aromatic rings. The van der Waals surface area contributed by atoms with Crippen molar-refractivity contribution >= 4 is 17.6 Å². The number of aryl methyl sites for hydroxylation is 2. The second-order valence-electron chi connectivity index (χ2n) is 8.04. The third-order valence-electron chi connectivity index (χ3n) is 5.15. The molecule has 1 atom stereocenters. The average Bonchev–Trinajstić information content (AvgIpc) is 3.33. The Balaban J connectivity index is 0.000000505. The van der Waals surface area contributed by atoms with E-state index in [9.17, 15) is 27.2 Å². The normalized spacial score (nSPS) is 14.6. The molecule has 0 saturated carbocycles. The Morgan fingerprint density at radius 2 is 1.79 bits per heavy atom. The van der Waals surface area contributed by atoms with E-state index in [4.69, 9.17) is 14.7 Å². The van der Waals surface area contributed by atoms with Crippen molar-refractivity contribution in [2.75, 3.05) is 0 Å². The molecule has 0 spiro atoms. The van der Waals surface area contributed by atoms with E-state index in [1.165, 1.54) is 18.2 Å². The van der Waals surface area contributed by atoms with Crippen LogP contribution in [0.25, 0.3) is 0 Å². The molecule has 0 saturated heterocycles. The van der Waals surface area contributed by atoms with E-state index in [2.05, 4.69) is 25.4 Å². The lowest BCUT2D eigenvalue weighted by molar-refractivity contribution is -0.192. The topological polar surface area (TPSA) is 147 Å². The average molecular weight is 535 g/mol. The molecule has 4 rings (SSSR count). The lowest BCUT2D eigenvalue weighted by Crippen LogP contribution is -2.25. The number of oxime groups is 1. The SMILES string of the molecule is Cc1nc(C(=O)NCc2ccc(F)cc2)cc(C2=NOC(c3ccc(=O)[nH]c3C)C2)n1.O=C(O)C(F)(F)F. The number of carbonyl (C=O) groups is 2. The van der Waals surface area contributed by atoms with E-state index in [0.717, 1.165) is 11.1 Å². The summed E-state index contributed by atoms with van der Waals surface area (Å²) in [5.41, 5.74) is 3.44. The van der Waals surface area contributed by atoms with Crippen LogP contribution in [0.4, 0.5) is 17.6 Å². The molecule has 0 aliphatic carbocycles. The van der Waals surface area contributed by atoms with Crippen LogP contribution in [0.1, 0.15) is 51.4 Å². The number of carbonyl (C=O) groups excluding carboxylic acids is 1. The molecule has 0 fully saturated rings. The van der Waals surface area contributed by atoms with E-state index >= 15 is 0 Å². The lowest BCUT2D eigenvalue weighted by Gasteiger charge is -2.11. The van der Waals surface area contributed by atoms with Gasteiger partial charge in [0.1, 0.15) is 23.0 Å². The summed E-state index contributed by atoms with van der Waals surface area (Å²) in [4.78, 5) is 49.8. The number of pyridine rings is 1. The summed E-state index contributed by atoms with van der Waals surface area (Å²) in [5.74, 6) is -3.03. The molecule has 10 nitrogen and oxygen atoms in total. The number of nitrogens with one attached hydrogen (secondary N) is 2. The third-order valence-corrected chi connectivity index (χ3v) is 5.15. The van der Waals surface area contributed by atoms with Gasteiger partial charge in [0.25, 0.3) is 5.91 Å². The molecule has 1 amide bonds. The molecular weight excluding hydrogens is 514 g/mol. The number of carboxylic acid groups (broad SMARTS) is 1. The third kappa shape index (κ3) is 7.44. The van der Waals surface area contributed by atoms with Gasteiger partial charge < -0.3 is 20.2 Å². The Labute approximate surface area is 212 Å². The molecule has 1 aromatic carbocycles. The van der Waals surface area contributed by atoms with Crippen LogP contribution in [-0.2, 0) is 16.2 Å². The molecule has 14 heteroatoms. The summed E-state index contributed by atoms with van der Waals surface area (Å²) in [6.45, 7) is 3.74. The van der Waals surface area contributed by atoms with Crippen LogP contribution in [0.5, 0.6) is 0 Å². The second kappa shape index (κ2) is 11.6. The number of hydrogen-bond acceptors (Lipinski definition) is 7. The summed E-state index contributed by atoms with van der Waals surface area (Å²) in [7, 11) is 0. The molecule has 3 heterocycles. The van der Waals surface area contributed by atoms with Crippen LogP contribution in [0.3, 0.4) is 0 Å². The molecule has 200 valence electrons. The Bertz CT molecular complexity index is 1420. The molecule has 0 radical (unpaired) electrons. The van der Waals surface area contributed by atoms with Crippen LogP contribution in [-0.4, -0.2) is 43.8 Å². The Hall–Kier alpha value is -4.62. The van der Waals surface area contributed by atoms with Gasteiger partial charge in [-0.3, -0.25) is 9.59 Å². The van der Waals surface area contributed by atoms with Crippen LogP contribution < -0.4 is 10.9 Å². The van der Waals surface area contributed by atoms with Crippen molar-refractivity contribution in [2.24, 2.45) is 5.16 Å². The summed E-state index contributed by atoms with van der Waals surface area (Å²) in [6.07, 6.45) is -4.99. The molecule has 3 N–H and O–H groups in total. The minimum absolute atomic E-state index is 0.178. The number of hydrogen-bond donors (Lipinski definition) is 3. The van der Waals surface area contributed by atoms with E-state index in [-0.39, 0.29) is 35.6 Å². The first-order chi connectivity index (χ1) is 17.8. The molecule has 1 aliphatic heterocycles. The smallest absolute Gasteiger partial charge is 0.475 e. The fourth-order valence-corrected chi connectivity index (χ4v) is 3.34. The van der Waals surface area contributed by atoms with Crippen molar-refractivity contribution in [1.29, 1.82) is 0 Å². The molecule has 0 bridgehead atoms. The lowest BCUT2D eigenvalue weighted by atomic mass is 10.0. The standard InChI is InChI=1S/C22H20FN5O3.C2HF3O2/c1-12-16(7-8-21(29)25-12)20-10-18(28-31-20)17-9-19(27-13(2)26-17)22(30)24-11-14-3-5-15(23)6-4-14;3-2(4,5)1(6)7/h3-9,20H,10-11H2,1-2H3,(H,24,30)(H,25,29);(H,6,7). The van der Waals surface area contributed by atoms with Crippen LogP contribution in [0, 0.1) is 19.7 Å². The van der Waals surface area contributed by atoms with Crippen molar-refractivity contribution in [2.45, 2.75) is 39.1 Å². The van der Waals surface area contributed by atoms with Crippen molar-refractivity contribution in [1.82, 2.24) is 20.3 Å². The number of nitrogens with zero attached hydrogens (tertiary/aromatic N) is 3. The molecular formula is C24H21F4N5O5. The van der Waals surface area contributed by atoms with Gasteiger partial charge in [-0.2, -0.15) is 13.2 Å². The van der Waals surface area contributed by atoms with Gasteiger partial charge in [-0.05, 0) is 43.7 Å². The summed E-state index contributed by atoms with van der Waals surface area (Å²) in [6, 6.07) is 10.6. The van der Waals surface area contributed by atoms with Crippen LogP contribution in [0.15, 0.2) is 52.4 Å². The van der Waals surface area contributed by atoms with Gasteiger partial charge in [-0.25, -0.2) is 19.2 Å². The number of aromatic amines is 1. The van der Waals surface area contributed by atoms with Gasteiger partial charge in [0, 0.05) is 30.3 Å². The maximum absolute atomic E-state index is 13.0.